The van der Waals surface area contributed by atoms with Gasteiger partial charge in [0.2, 0.25) is 0 Å². The lowest BCUT2D eigenvalue weighted by atomic mass is 9.92. The first-order chi connectivity index (χ1) is 11.3. The van der Waals surface area contributed by atoms with E-state index in [4.69, 9.17) is 0 Å². The van der Waals surface area contributed by atoms with E-state index in [2.05, 4.69) is 91.5 Å². The highest BCUT2D eigenvalue weighted by atomic mass is 14.1. The van der Waals surface area contributed by atoms with Gasteiger partial charge in [0, 0.05) is 0 Å². The molecule has 23 heavy (non-hydrogen) atoms. The predicted octanol–water partition coefficient (Wildman–Crippen LogP) is 6.61. The molecular formula is C23H20. The van der Waals surface area contributed by atoms with Crippen molar-refractivity contribution in [2.75, 3.05) is 0 Å². The van der Waals surface area contributed by atoms with Crippen LogP contribution in [0.2, 0.25) is 0 Å². The van der Waals surface area contributed by atoms with Gasteiger partial charge in [-0.3, -0.25) is 0 Å². The van der Waals surface area contributed by atoms with Gasteiger partial charge in [-0.05, 0) is 46.4 Å². The van der Waals surface area contributed by atoms with Crippen LogP contribution in [0.4, 0.5) is 0 Å². The Labute approximate surface area is 138 Å². The molecule has 0 aliphatic carbocycles. The number of allylic oxidation sites excluding steroid dienone is 3. The number of hydrogen-bond donors (Lipinski definition) is 0. The summed E-state index contributed by atoms with van der Waals surface area (Å²) in [5.74, 6) is 0. The smallest absolute Gasteiger partial charge is 0.0105 e. The third-order valence-electron chi connectivity index (χ3n) is 4.05. The predicted molar refractivity (Wildman–Crippen MR) is 101 cm³/mol. The molecule has 3 aromatic rings. The summed E-state index contributed by atoms with van der Waals surface area (Å²) in [6.45, 7) is 5.95. The third kappa shape index (κ3) is 3.17. The Morgan fingerprint density at radius 3 is 2.00 bits per heavy atom. The molecule has 3 aromatic carbocycles. The summed E-state index contributed by atoms with van der Waals surface area (Å²) >= 11 is 0. The summed E-state index contributed by atoms with van der Waals surface area (Å²) in [6, 6.07) is 27.7. The van der Waals surface area contributed by atoms with Crippen molar-refractivity contribution in [2.45, 2.75) is 6.92 Å². The van der Waals surface area contributed by atoms with Gasteiger partial charge < -0.3 is 0 Å². The average Bonchev–Trinajstić information content (AvgIpc) is 2.64. The van der Waals surface area contributed by atoms with Gasteiger partial charge in [-0.15, -0.1) is 0 Å². The van der Waals surface area contributed by atoms with Gasteiger partial charge in [-0.1, -0.05) is 91.5 Å². The summed E-state index contributed by atoms with van der Waals surface area (Å²) in [5, 5.41) is 0. The molecule has 0 N–H and O–H groups in total. The van der Waals surface area contributed by atoms with Gasteiger partial charge >= 0.3 is 0 Å². The average molecular weight is 296 g/mol. The van der Waals surface area contributed by atoms with Crippen LogP contribution in [0.5, 0.6) is 0 Å². The van der Waals surface area contributed by atoms with Crippen molar-refractivity contribution in [3.63, 3.8) is 0 Å². The first kappa shape index (κ1) is 15.1. The second-order valence-corrected chi connectivity index (χ2v) is 5.44. The molecule has 3 rings (SSSR count). The van der Waals surface area contributed by atoms with E-state index in [-0.39, 0.29) is 0 Å². The molecule has 0 bridgehead atoms. The molecule has 0 saturated heterocycles. The molecule has 0 aromatic heterocycles. The van der Waals surface area contributed by atoms with Crippen molar-refractivity contribution in [2.24, 2.45) is 0 Å². The van der Waals surface area contributed by atoms with Gasteiger partial charge in [-0.25, -0.2) is 0 Å². The lowest BCUT2D eigenvalue weighted by molar-refractivity contribution is 1.55. The van der Waals surface area contributed by atoms with Gasteiger partial charge in [0.25, 0.3) is 0 Å². The molecule has 0 fully saturated rings. The molecule has 112 valence electrons. The summed E-state index contributed by atoms with van der Waals surface area (Å²) < 4.78 is 0. The van der Waals surface area contributed by atoms with E-state index >= 15 is 0 Å². The van der Waals surface area contributed by atoms with Gasteiger partial charge in [0.1, 0.15) is 0 Å². The quantitative estimate of drug-likeness (QED) is 0.475. The van der Waals surface area contributed by atoms with Crippen molar-refractivity contribution in [1.82, 2.24) is 0 Å². The Hall–Kier alpha value is -2.86. The molecule has 0 radical (unpaired) electrons. The zero-order valence-corrected chi connectivity index (χ0v) is 13.4. The van der Waals surface area contributed by atoms with Crippen molar-refractivity contribution >= 4 is 5.57 Å². The van der Waals surface area contributed by atoms with Gasteiger partial charge in [0.15, 0.2) is 0 Å². The Morgan fingerprint density at radius 1 is 0.739 bits per heavy atom. The Bertz CT molecular complexity index is 839. The van der Waals surface area contributed by atoms with Crippen molar-refractivity contribution in [3.05, 3.63) is 103 Å². The number of benzene rings is 3. The van der Waals surface area contributed by atoms with Crippen LogP contribution in [-0.4, -0.2) is 0 Å². The maximum Gasteiger partial charge on any atom is -0.0105 e. The Kier molecular flexibility index (Phi) is 4.54. The molecule has 0 aliphatic rings. The molecule has 0 unspecified atom stereocenters. The zero-order valence-electron chi connectivity index (χ0n) is 13.4. The fourth-order valence-corrected chi connectivity index (χ4v) is 2.87. The SMILES string of the molecule is C=C/C(=C\C)c1cccc(-c2ccccc2-c2ccccc2)c1. The Balaban J connectivity index is 2.14. The summed E-state index contributed by atoms with van der Waals surface area (Å²) in [7, 11) is 0. The molecule has 0 nitrogen and oxygen atoms in total. The minimum atomic E-state index is 1.16. The van der Waals surface area contributed by atoms with E-state index in [1.807, 2.05) is 13.0 Å². The van der Waals surface area contributed by atoms with E-state index in [0.29, 0.717) is 0 Å². The van der Waals surface area contributed by atoms with Crippen LogP contribution in [0.3, 0.4) is 0 Å². The minimum Gasteiger partial charge on any atom is -0.0985 e. The molecule has 0 heterocycles. The highest BCUT2D eigenvalue weighted by Crippen LogP contribution is 2.33. The van der Waals surface area contributed by atoms with Gasteiger partial charge in [0.05, 0.1) is 0 Å². The molecule has 0 aliphatic heterocycles. The number of rotatable bonds is 4. The highest BCUT2D eigenvalue weighted by Gasteiger charge is 2.07. The highest BCUT2D eigenvalue weighted by molar-refractivity contribution is 5.85. The molecule has 0 saturated carbocycles. The van der Waals surface area contributed by atoms with E-state index in [1.165, 1.54) is 27.8 Å². The van der Waals surface area contributed by atoms with Crippen LogP contribution in [0, 0.1) is 0 Å². The van der Waals surface area contributed by atoms with E-state index < -0.39 is 0 Å². The van der Waals surface area contributed by atoms with Gasteiger partial charge in [-0.2, -0.15) is 0 Å². The first-order valence-corrected chi connectivity index (χ1v) is 7.87. The second kappa shape index (κ2) is 6.93. The largest absolute Gasteiger partial charge is 0.0985 e. The molecule has 0 atom stereocenters. The Morgan fingerprint density at radius 2 is 1.35 bits per heavy atom. The molecule has 0 amide bonds. The summed E-state index contributed by atoms with van der Waals surface area (Å²) in [5.41, 5.74) is 7.32. The minimum absolute atomic E-state index is 1.16. The van der Waals surface area contributed by atoms with Crippen LogP contribution in [-0.2, 0) is 0 Å². The van der Waals surface area contributed by atoms with Crippen LogP contribution in [0.15, 0.2) is 97.6 Å². The van der Waals surface area contributed by atoms with Crippen LogP contribution in [0.1, 0.15) is 12.5 Å². The lowest BCUT2D eigenvalue weighted by Crippen LogP contribution is -1.87. The fraction of sp³-hybridized carbons (Fsp3) is 0.0435. The molecule has 0 heteroatoms. The normalized spacial score (nSPS) is 11.3. The fourth-order valence-electron chi connectivity index (χ4n) is 2.87. The monoisotopic (exact) mass is 296 g/mol. The summed E-state index contributed by atoms with van der Waals surface area (Å²) in [4.78, 5) is 0. The lowest BCUT2D eigenvalue weighted by Gasteiger charge is -2.12. The van der Waals surface area contributed by atoms with E-state index in [0.717, 1.165) is 5.57 Å². The third-order valence-corrected chi connectivity index (χ3v) is 4.05. The topological polar surface area (TPSA) is 0 Å². The van der Waals surface area contributed by atoms with Crippen molar-refractivity contribution < 1.29 is 0 Å². The maximum absolute atomic E-state index is 3.91. The van der Waals surface area contributed by atoms with Crippen molar-refractivity contribution in [3.8, 4) is 22.3 Å². The number of hydrogen-bond acceptors (Lipinski definition) is 0. The maximum atomic E-state index is 3.91. The van der Waals surface area contributed by atoms with Crippen molar-refractivity contribution in [1.29, 1.82) is 0 Å². The molecule has 0 spiro atoms. The summed E-state index contributed by atoms with van der Waals surface area (Å²) in [6.07, 6.45) is 4.00. The second-order valence-electron chi connectivity index (χ2n) is 5.44. The van der Waals surface area contributed by atoms with E-state index in [1.54, 1.807) is 0 Å². The van der Waals surface area contributed by atoms with Crippen LogP contribution >= 0.6 is 0 Å². The molecular weight excluding hydrogens is 276 g/mol. The van der Waals surface area contributed by atoms with Crippen LogP contribution < -0.4 is 0 Å². The zero-order chi connectivity index (χ0) is 16.1. The van der Waals surface area contributed by atoms with Crippen LogP contribution in [0.25, 0.3) is 27.8 Å². The standard InChI is InChI=1S/C23H20/c1-3-18(4-2)20-13-10-14-21(17-20)23-16-9-8-15-22(23)19-11-6-5-7-12-19/h3-17H,1H2,2H3/b18-4+. The first-order valence-electron chi connectivity index (χ1n) is 7.87. The van der Waals surface area contributed by atoms with E-state index in [9.17, 15) is 0 Å².